The highest BCUT2D eigenvalue weighted by Crippen LogP contribution is 2.55. The van der Waals surface area contributed by atoms with Crippen LogP contribution in [0, 0.1) is 0 Å². The van der Waals surface area contributed by atoms with Crippen LogP contribution in [0.2, 0.25) is 0 Å². The summed E-state index contributed by atoms with van der Waals surface area (Å²) in [5.74, 6) is 0.386. The van der Waals surface area contributed by atoms with E-state index in [1.807, 2.05) is 0 Å². The fourth-order valence-corrected chi connectivity index (χ4v) is 5.06. The molecule has 23 heavy (non-hydrogen) atoms. The molecule has 1 aliphatic rings. The second-order valence-corrected chi connectivity index (χ2v) is 7.52. The molecule has 2 aromatic carbocycles. The Bertz CT molecular complexity index is 634. The molecule has 2 aromatic rings. The molecule has 0 fully saturated rings. The van der Waals surface area contributed by atoms with Gasteiger partial charge in [0, 0.05) is 11.3 Å². The normalized spacial score (nSPS) is 17.4. The quantitative estimate of drug-likeness (QED) is 0.534. The average molecular weight is 347 g/mol. The molecule has 0 aliphatic heterocycles. The summed E-state index contributed by atoms with van der Waals surface area (Å²) in [7, 11) is 0. The van der Waals surface area contributed by atoms with Crippen LogP contribution in [-0.4, -0.2) is 5.88 Å². The van der Waals surface area contributed by atoms with E-state index in [0.29, 0.717) is 5.88 Å². The minimum absolute atomic E-state index is 0.0567. The first-order chi connectivity index (χ1) is 11.1. The van der Waals surface area contributed by atoms with Crippen molar-refractivity contribution in [2.45, 2.75) is 49.8 Å². The van der Waals surface area contributed by atoms with Crippen molar-refractivity contribution in [3.63, 3.8) is 0 Å². The Hall–Kier alpha value is -0.980. The smallest absolute Gasteiger partial charge is 0.108 e. The molecule has 0 N–H and O–H groups in total. The summed E-state index contributed by atoms with van der Waals surface area (Å²) >= 11 is 13.5. The summed E-state index contributed by atoms with van der Waals surface area (Å²) in [6.45, 7) is 4.54. The summed E-state index contributed by atoms with van der Waals surface area (Å²) in [5, 5.41) is 0. The number of fused-ring (bicyclic) bond motifs is 2. The number of benzene rings is 2. The van der Waals surface area contributed by atoms with Crippen molar-refractivity contribution in [2.24, 2.45) is 0 Å². The standard InChI is InChI=1S/C21H24Cl2/c1-3-13-20(14-4-2)16-9-5-7-11-18(16)21(23,15-22)19-12-8-6-10-17(19)20/h5-12H,3-4,13-15H2,1-2H3. The second-order valence-electron chi connectivity index (χ2n) is 6.61. The zero-order valence-electron chi connectivity index (χ0n) is 13.9. The van der Waals surface area contributed by atoms with Crippen LogP contribution in [0.1, 0.15) is 61.8 Å². The molecule has 0 saturated heterocycles. The van der Waals surface area contributed by atoms with E-state index in [-0.39, 0.29) is 5.41 Å². The molecule has 0 spiro atoms. The van der Waals surface area contributed by atoms with Crippen LogP contribution in [0.15, 0.2) is 48.5 Å². The van der Waals surface area contributed by atoms with Gasteiger partial charge in [-0.2, -0.15) is 0 Å². The van der Waals surface area contributed by atoms with E-state index in [1.165, 1.54) is 22.3 Å². The van der Waals surface area contributed by atoms with Gasteiger partial charge in [0.05, 0.1) is 0 Å². The maximum atomic E-state index is 7.12. The number of rotatable bonds is 5. The van der Waals surface area contributed by atoms with Gasteiger partial charge >= 0.3 is 0 Å². The summed E-state index contributed by atoms with van der Waals surface area (Å²) in [5.41, 5.74) is 5.19. The van der Waals surface area contributed by atoms with Gasteiger partial charge in [-0.05, 0) is 35.1 Å². The van der Waals surface area contributed by atoms with Gasteiger partial charge < -0.3 is 0 Å². The van der Waals surface area contributed by atoms with Crippen molar-refractivity contribution in [1.29, 1.82) is 0 Å². The fourth-order valence-electron chi connectivity index (χ4n) is 4.44. The summed E-state index contributed by atoms with van der Waals surface area (Å²) in [6.07, 6.45) is 4.59. The van der Waals surface area contributed by atoms with E-state index < -0.39 is 4.87 Å². The maximum Gasteiger partial charge on any atom is 0.108 e. The first-order valence-electron chi connectivity index (χ1n) is 8.59. The number of hydrogen-bond donors (Lipinski definition) is 0. The molecular weight excluding hydrogens is 323 g/mol. The van der Waals surface area contributed by atoms with E-state index in [9.17, 15) is 0 Å². The highest BCUT2D eigenvalue weighted by atomic mass is 35.5. The lowest BCUT2D eigenvalue weighted by molar-refractivity contribution is 0.404. The molecule has 0 unspecified atom stereocenters. The van der Waals surface area contributed by atoms with E-state index in [1.54, 1.807) is 0 Å². The van der Waals surface area contributed by atoms with Crippen LogP contribution in [-0.2, 0) is 10.3 Å². The molecule has 3 rings (SSSR count). The third kappa shape index (κ3) is 2.42. The fraction of sp³-hybridized carbons (Fsp3) is 0.429. The van der Waals surface area contributed by atoms with Crippen molar-refractivity contribution in [2.75, 3.05) is 5.88 Å². The first kappa shape index (κ1) is 16.9. The minimum Gasteiger partial charge on any atom is -0.124 e. The second kappa shape index (κ2) is 6.49. The topological polar surface area (TPSA) is 0 Å². The van der Waals surface area contributed by atoms with Gasteiger partial charge in [-0.25, -0.2) is 0 Å². The van der Waals surface area contributed by atoms with Gasteiger partial charge in [-0.1, -0.05) is 75.2 Å². The largest absolute Gasteiger partial charge is 0.124 e. The monoisotopic (exact) mass is 346 g/mol. The summed E-state index contributed by atoms with van der Waals surface area (Å²) in [4.78, 5) is -0.625. The lowest BCUT2D eigenvalue weighted by Gasteiger charge is -2.47. The van der Waals surface area contributed by atoms with E-state index >= 15 is 0 Å². The third-order valence-corrected chi connectivity index (χ3v) is 6.36. The van der Waals surface area contributed by atoms with Crippen molar-refractivity contribution in [3.05, 3.63) is 70.8 Å². The van der Waals surface area contributed by atoms with Crippen LogP contribution in [0.5, 0.6) is 0 Å². The molecule has 0 saturated carbocycles. The Labute approximate surface area is 149 Å². The predicted molar refractivity (Wildman–Crippen MR) is 101 cm³/mol. The van der Waals surface area contributed by atoms with Gasteiger partial charge in [0.2, 0.25) is 0 Å². The lowest BCUT2D eigenvalue weighted by atomic mass is 9.60. The van der Waals surface area contributed by atoms with Gasteiger partial charge in [0.1, 0.15) is 4.87 Å². The molecule has 0 bridgehead atoms. The van der Waals surface area contributed by atoms with Crippen LogP contribution < -0.4 is 0 Å². The van der Waals surface area contributed by atoms with Gasteiger partial charge in [-0.3, -0.25) is 0 Å². The summed E-state index contributed by atoms with van der Waals surface area (Å²) in [6, 6.07) is 17.3. The van der Waals surface area contributed by atoms with E-state index in [0.717, 1.165) is 25.7 Å². The Kier molecular flexibility index (Phi) is 4.76. The molecule has 0 radical (unpaired) electrons. The Morgan fingerprint density at radius 2 is 1.13 bits per heavy atom. The van der Waals surface area contributed by atoms with Crippen LogP contribution >= 0.6 is 23.2 Å². The molecule has 122 valence electrons. The molecule has 1 aliphatic carbocycles. The average Bonchev–Trinajstić information content (AvgIpc) is 2.60. The Morgan fingerprint density at radius 3 is 1.48 bits per heavy atom. The highest BCUT2D eigenvalue weighted by molar-refractivity contribution is 6.32. The van der Waals surface area contributed by atoms with Gasteiger partial charge in [-0.15, -0.1) is 23.2 Å². The highest BCUT2D eigenvalue weighted by Gasteiger charge is 2.48. The zero-order valence-corrected chi connectivity index (χ0v) is 15.4. The first-order valence-corrected chi connectivity index (χ1v) is 9.50. The minimum atomic E-state index is -0.625. The molecule has 0 atom stereocenters. The molecular formula is C21H24Cl2. The van der Waals surface area contributed by atoms with Gasteiger partial charge in [0.25, 0.3) is 0 Å². The molecule has 0 heterocycles. The Balaban J connectivity index is 2.38. The van der Waals surface area contributed by atoms with Crippen molar-refractivity contribution in [1.82, 2.24) is 0 Å². The van der Waals surface area contributed by atoms with Crippen molar-refractivity contribution >= 4 is 23.2 Å². The van der Waals surface area contributed by atoms with E-state index in [2.05, 4.69) is 62.4 Å². The number of halogens is 2. The molecule has 0 nitrogen and oxygen atoms in total. The SMILES string of the molecule is CCCC1(CCC)c2ccccc2C(Cl)(CCl)c2ccccc21. The van der Waals surface area contributed by atoms with Gasteiger partial charge in [0.15, 0.2) is 0 Å². The van der Waals surface area contributed by atoms with Crippen LogP contribution in [0.3, 0.4) is 0 Å². The number of hydrogen-bond acceptors (Lipinski definition) is 0. The predicted octanol–water partition coefficient (Wildman–Crippen LogP) is 6.61. The zero-order chi connectivity index (χ0) is 16.5. The molecule has 0 amide bonds. The summed E-state index contributed by atoms with van der Waals surface area (Å²) < 4.78 is 0. The molecule has 2 heteroatoms. The van der Waals surface area contributed by atoms with E-state index in [4.69, 9.17) is 23.2 Å². The van der Waals surface area contributed by atoms with Crippen molar-refractivity contribution in [3.8, 4) is 0 Å². The third-order valence-electron chi connectivity index (χ3n) is 5.28. The van der Waals surface area contributed by atoms with Crippen LogP contribution in [0.4, 0.5) is 0 Å². The van der Waals surface area contributed by atoms with Crippen molar-refractivity contribution < 1.29 is 0 Å². The number of alkyl halides is 2. The lowest BCUT2D eigenvalue weighted by Crippen LogP contribution is -2.41. The Morgan fingerprint density at radius 1 is 0.739 bits per heavy atom. The van der Waals surface area contributed by atoms with Crippen LogP contribution in [0.25, 0.3) is 0 Å². The maximum absolute atomic E-state index is 7.12. The molecule has 0 aromatic heterocycles.